The molecule has 0 amide bonds. The molecule has 0 heterocycles. The summed E-state index contributed by atoms with van der Waals surface area (Å²) in [6.45, 7) is 2.56. The van der Waals surface area contributed by atoms with Crippen LogP contribution in [-0.4, -0.2) is 24.8 Å². The van der Waals surface area contributed by atoms with Crippen molar-refractivity contribution in [2.24, 2.45) is 0 Å². The maximum absolute atomic E-state index is 11.3. The van der Waals surface area contributed by atoms with E-state index in [0.717, 1.165) is 17.5 Å². The maximum Gasteiger partial charge on any atom is 0.335 e. The molecular weight excluding hydrogens is 268 g/mol. The number of rotatable bonds is 6. The minimum Gasteiger partial charge on any atom is -0.493 e. The first kappa shape index (κ1) is 14.9. The molecule has 4 nitrogen and oxygen atoms in total. The van der Waals surface area contributed by atoms with Gasteiger partial charge in [-0.15, -0.1) is 0 Å². The van der Waals surface area contributed by atoms with Crippen molar-refractivity contribution in [2.75, 3.05) is 13.7 Å². The molecule has 0 aliphatic carbocycles. The molecule has 0 unspecified atom stereocenters. The van der Waals surface area contributed by atoms with Gasteiger partial charge in [0, 0.05) is 5.56 Å². The number of carboxylic acid groups (broad SMARTS) is 1. The van der Waals surface area contributed by atoms with E-state index in [1.807, 2.05) is 37.3 Å². The maximum atomic E-state index is 11.3. The second kappa shape index (κ2) is 6.79. The lowest BCUT2D eigenvalue weighted by Crippen LogP contribution is -2.03. The Morgan fingerprint density at radius 1 is 1.19 bits per heavy atom. The predicted octanol–water partition coefficient (Wildman–Crippen LogP) is 3.85. The van der Waals surface area contributed by atoms with Crippen molar-refractivity contribution < 1.29 is 19.4 Å². The molecule has 0 saturated carbocycles. The monoisotopic (exact) mass is 286 g/mol. The number of hydrogen-bond donors (Lipinski definition) is 1. The van der Waals surface area contributed by atoms with Crippen LogP contribution in [0, 0.1) is 0 Å². The molecule has 1 N–H and O–H groups in total. The first-order chi connectivity index (χ1) is 10.2. The quantitative estimate of drug-likeness (QED) is 0.876. The summed E-state index contributed by atoms with van der Waals surface area (Å²) in [4.78, 5) is 11.3. The molecule has 110 valence electrons. The van der Waals surface area contributed by atoms with Crippen LogP contribution in [0.1, 0.15) is 23.7 Å². The average molecular weight is 286 g/mol. The van der Waals surface area contributed by atoms with E-state index >= 15 is 0 Å². The number of carbonyl (C=O) groups is 1. The molecule has 21 heavy (non-hydrogen) atoms. The Hall–Kier alpha value is -2.49. The van der Waals surface area contributed by atoms with Gasteiger partial charge in [0.2, 0.25) is 0 Å². The highest BCUT2D eigenvalue weighted by Crippen LogP contribution is 2.39. The molecule has 4 heteroatoms. The van der Waals surface area contributed by atoms with Crippen molar-refractivity contribution in [1.29, 1.82) is 0 Å². The van der Waals surface area contributed by atoms with Crippen LogP contribution < -0.4 is 9.47 Å². The molecule has 0 spiro atoms. The van der Waals surface area contributed by atoms with Crippen molar-refractivity contribution >= 4 is 5.97 Å². The summed E-state index contributed by atoms with van der Waals surface area (Å²) < 4.78 is 11.1. The van der Waals surface area contributed by atoms with Gasteiger partial charge in [-0.2, -0.15) is 0 Å². The van der Waals surface area contributed by atoms with Crippen LogP contribution in [-0.2, 0) is 0 Å². The number of carboxylic acids is 1. The highest BCUT2D eigenvalue weighted by molar-refractivity contribution is 5.92. The van der Waals surface area contributed by atoms with Gasteiger partial charge in [0.15, 0.2) is 11.5 Å². The smallest absolute Gasteiger partial charge is 0.335 e. The van der Waals surface area contributed by atoms with Gasteiger partial charge in [-0.3, -0.25) is 0 Å². The zero-order valence-electron chi connectivity index (χ0n) is 12.1. The van der Waals surface area contributed by atoms with E-state index in [1.165, 1.54) is 13.2 Å². The highest BCUT2D eigenvalue weighted by Gasteiger charge is 2.17. The molecule has 0 atom stereocenters. The van der Waals surface area contributed by atoms with Gasteiger partial charge >= 0.3 is 5.97 Å². The molecule has 2 rings (SSSR count). The Morgan fingerprint density at radius 3 is 2.48 bits per heavy atom. The number of methoxy groups -OCH3 is 1. The standard InChI is InChI=1S/C17H18O4/c1-3-9-21-16-14(12-7-5-4-6-8-12)10-13(17(18)19)11-15(16)20-2/h4-8,10-11H,3,9H2,1-2H3,(H,18,19). The van der Waals surface area contributed by atoms with Crippen molar-refractivity contribution in [1.82, 2.24) is 0 Å². The van der Waals surface area contributed by atoms with E-state index in [2.05, 4.69) is 0 Å². The van der Waals surface area contributed by atoms with Gasteiger partial charge in [-0.05, 0) is 24.1 Å². The lowest BCUT2D eigenvalue weighted by molar-refractivity contribution is 0.0696. The SMILES string of the molecule is CCCOc1c(OC)cc(C(=O)O)cc1-c1ccccc1. The average Bonchev–Trinajstić information content (AvgIpc) is 2.52. The highest BCUT2D eigenvalue weighted by atomic mass is 16.5. The third kappa shape index (κ3) is 3.34. The summed E-state index contributed by atoms with van der Waals surface area (Å²) in [5, 5.41) is 9.25. The lowest BCUT2D eigenvalue weighted by Gasteiger charge is -2.16. The number of benzene rings is 2. The van der Waals surface area contributed by atoms with E-state index in [-0.39, 0.29) is 5.56 Å². The van der Waals surface area contributed by atoms with Gasteiger partial charge in [0.05, 0.1) is 19.3 Å². The molecule has 0 radical (unpaired) electrons. The minimum absolute atomic E-state index is 0.176. The topological polar surface area (TPSA) is 55.8 Å². The molecule has 0 saturated heterocycles. The van der Waals surface area contributed by atoms with Gasteiger partial charge in [0.1, 0.15) is 0 Å². The molecule has 0 aliphatic heterocycles. The second-order valence-corrected chi connectivity index (χ2v) is 4.57. The Morgan fingerprint density at radius 2 is 1.90 bits per heavy atom. The summed E-state index contributed by atoms with van der Waals surface area (Å²) in [7, 11) is 1.51. The van der Waals surface area contributed by atoms with Crippen LogP contribution in [0.25, 0.3) is 11.1 Å². The molecular formula is C17H18O4. The number of hydrogen-bond acceptors (Lipinski definition) is 3. The molecule has 2 aromatic carbocycles. The normalized spacial score (nSPS) is 10.2. The third-order valence-electron chi connectivity index (χ3n) is 3.06. The second-order valence-electron chi connectivity index (χ2n) is 4.57. The van der Waals surface area contributed by atoms with Crippen LogP contribution in [0.4, 0.5) is 0 Å². The van der Waals surface area contributed by atoms with E-state index in [0.29, 0.717) is 18.1 Å². The minimum atomic E-state index is -0.993. The van der Waals surface area contributed by atoms with Gasteiger partial charge in [-0.25, -0.2) is 4.79 Å². The Kier molecular flexibility index (Phi) is 4.82. The zero-order valence-corrected chi connectivity index (χ0v) is 12.1. The van der Waals surface area contributed by atoms with Crippen LogP contribution in [0.2, 0.25) is 0 Å². The molecule has 0 aromatic heterocycles. The third-order valence-corrected chi connectivity index (χ3v) is 3.06. The Labute approximate surface area is 123 Å². The van der Waals surface area contributed by atoms with Crippen molar-refractivity contribution in [2.45, 2.75) is 13.3 Å². The predicted molar refractivity (Wildman–Crippen MR) is 81.2 cm³/mol. The van der Waals surface area contributed by atoms with Crippen molar-refractivity contribution in [3.63, 3.8) is 0 Å². The first-order valence-electron chi connectivity index (χ1n) is 6.81. The largest absolute Gasteiger partial charge is 0.493 e. The van der Waals surface area contributed by atoms with Crippen LogP contribution in [0.3, 0.4) is 0 Å². The summed E-state index contributed by atoms with van der Waals surface area (Å²) in [6.07, 6.45) is 0.859. The summed E-state index contributed by atoms with van der Waals surface area (Å²) in [6, 6.07) is 12.6. The van der Waals surface area contributed by atoms with E-state index in [4.69, 9.17) is 9.47 Å². The molecule has 2 aromatic rings. The fourth-order valence-electron chi connectivity index (χ4n) is 2.06. The summed E-state index contributed by atoms with van der Waals surface area (Å²) >= 11 is 0. The molecule has 0 fully saturated rings. The fourth-order valence-corrected chi connectivity index (χ4v) is 2.06. The van der Waals surface area contributed by atoms with Crippen LogP contribution in [0.5, 0.6) is 11.5 Å². The van der Waals surface area contributed by atoms with Crippen LogP contribution in [0.15, 0.2) is 42.5 Å². The van der Waals surface area contributed by atoms with Crippen LogP contribution >= 0.6 is 0 Å². The fraction of sp³-hybridized carbons (Fsp3) is 0.235. The summed E-state index contributed by atoms with van der Waals surface area (Å²) in [5.74, 6) is 0.0188. The van der Waals surface area contributed by atoms with Gasteiger partial charge in [-0.1, -0.05) is 37.3 Å². The number of aromatic carboxylic acids is 1. The Bertz CT molecular complexity index is 620. The zero-order chi connectivity index (χ0) is 15.2. The first-order valence-corrected chi connectivity index (χ1v) is 6.81. The van der Waals surface area contributed by atoms with E-state index < -0.39 is 5.97 Å². The van der Waals surface area contributed by atoms with Crippen molar-refractivity contribution in [3.05, 3.63) is 48.0 Å². The number of ether oxygens (including phenoxy) is 2. The molecule has 0 bridgehead atoms. The van der Waals surface area contributed by atoms with E-state index in [9.17, 15) is 9.90 Å². The Balaban J connectivity index is 2.62. The van der Waals surface area contributed by atoms with Gasteiger partial charge < -0.3 is 14.6 Å². The lowest BCUT2D eigenvalue weighted by atomic mass is 10.0. The van der Waals surface area contributed by atoms with Crippen molar-refractivity contribution in [3.8, 4) is 22.6 Å². The molecule has 0 aliphatic rings. The van der Waals surface area contributed by atoms with E-state index in [1.54, 1.807) is 6.07 Å². The summed E-state index contributed by atoms with van der Waals surface area (Å²) in [5.41, 5.74) is 1.79. The van der Waals surface area contributed by atoms with Gasteiger partial charge in [0.25, 0.3) is 0 Å².